The summed E-state index contributed by atoms with van der Waals surface area (Å²) in [5.41, 5.74) is 0.594. The minimum atomic E-state index is -0.533. The van der Waals surface area contributed by atoms with E-state index in [-0.39, 0.29) is 42.2 Å². The highest BCUT2D eigenvalue weighted by molar-refractivity contribution is 6.31. The molecule has 1 unspecified atom stereocenters. The van der Waals surface area contributed by atoms with Gasteiger partial charge in [0.15, 0.2) is 0 Å². The second-order valence-electron chi connectivity index (χ2n) is 5.97. The van der Waals surface area contributed by atoms with E-state index in [0.717, 1.165) is 0 Å². The summed E-state index contributed by atoms with van der Waals surface area (Å²) in [6, 6.07) is 9.85. The second-order valence-corrected chi connectivity index (χ2v) is 6.40. The van der Waals surface area contributed by atoms with Gasteiger partial charge in [-0.1, -0.05) is 28.9 Å². The summed E-state index contributed by atoms with van der Waals surface area (Å²) in [6.45, 7) is 0.195. The highest BCUT2D eigenvalue weighted by Gasteiger charge is 2.36. The molecule has 0 radical (unpaired) electrons. The van der Waals surface area contributed by atoms with Crippen molar-refractivity contribution in [1.82, 2.24) is 10.1 Å². The number of nitrogens with zero attached hydrogens (tertiary/aromatic N) is 3. The maximum Gasteiger partial charge on any atom is 0.232 e. The lowest BCUT2D eigenvalue weighted by Gasteiger charge is -2.17. The number of hydrogen-bond donors (Lipinski definition) is 0. The van der Waals surface area contributed by atoms with E-state index in [2.05, 4.69) is 10.1 Å². The molecular weight excluding hydrogens is 364 g/mol. The molecule has 2 aromatic carbocycles. The fourth-order valence-corrected chi connectivity index (χ4v) is 3.11. The molecule has 3 aromatic rings. The predicted molar refractivity (Wildman–Crippen MR) is 90.8 cm³/mol. The molecule has 1 atom stereocenters. The molecule has 0 N–H and O–H groups in total. The number of halogens is 3. The van der Waals surface area contributed by atoms with Crippen LogP contribution in [0.2, 0.25) is 5.02 Å². The molecule has 1 fully saturated rings. The Bertz CT molecular complexity index is 992. The standard InChI is InChI=1S/C18H12ClF2N3O2/c19-12-4-5-14(21)15(8-12)24-9-11(7-16(24)25)18-22-17(23-26-18)10-2-1-3-13(20)6-10/h1-6,8,11H,7,9H2. The Kier molecular flexibility index (Phi) is 4.16. The fourth-order valence-electron chi connectivity index (χ4n) is 2.94. The summed E-state index contributed by atoms with van der Waals surface area (Å²) in [4.78, 5) is 17.9. The molecule has 0 saturated carbocycles. The SMILES string of the molecule is O=C1CC(c2nc(-c3cccc(F)c3)no2)CN1c1cc(Cl)ccc1F. The molecule has 0 bridgehead atoms. The van der Waals surface area contributed by atoms with Gasteiger partial charge in [0.2, 0.25) is 17.6 Å². The third-order valence-corrected chi connectivity index (χ3v) is 4.43. The van der Waals surface area contributed by atoms with Crippen molar-refractivity contribution in [1.29, 1.82) is 0 Å². The number of carbonyl (C=O) groups is 1. The normalized spacial score (nSPS) is 17.1. The summed E-state index contributed by atoms with van der Waals surface area (Å²) in [5.74, 6) is -1.10. The van der Waals surface area contributed by atoms with Gasteiger partial charge in [0.25, 0.3) is 0 Å². The maximum atomic E-state index is 14.0. The van der Waals surface area contributed by atoms with Gasteiger partial charge in [-0.3, -0.25) is 4.79 Å². The van der Waals surface area contributed by atoms with Gasteiger partial charge in [0.1, 0.15) is 11.6 Å². The van der Waals surface area contributed by atoms with Gasteiger partial charge in [-0.2, -0.15) is 4.98 Å². The van der Waals surface area contributed by atoms with Gasteiger partial charge < -0.3 is 9.42 Å². The van der Waals surface area contributed by atoms with E-state index in [1.807, 2.05) is 0 Å². The number of benzene rings is 2. The first-order chi connectivity index (χ1) is 12.5. The van der Waals surface area contributed by atoms with E-state index in [9.17, 15) is 13.6 Å². The lowest BCUT2D eigenvalue weighted by molar-refractivity contribution is -0.117. The van der Waals surface area contributed by atoms with E-state index in [1.165, 1.54) is 35.2 Å². The highest BCUT2D eigenvalue weighted by atomic mass is 35.5. The number of aromatic nitrogens is 2. The number of rotatable bonds is 3. The lowest BCUT2D eigenvalue weighted by Crippen LogP contribution is -2.25. The van der Waals surface area contributed by atoms with Crippen LogP contribution in [0, 0.1) is 11.6 Å². The van der Waals surface area contributed by atoms with Crippen LogP contribution >= 0.6 is 11.6 Å². The van der Waals surface area contributed by atoms with Gasteiger partial charge in [-0.15, -0.1) is 0 Å². The van der Waals surface area contributed by atoms with Crippen LogP contribution in [0.1, 0.15) is 18.2 Å². The topological polar surface area (TPSA) is 59.2 Å². The van der Waals surface area contributed by atoms with Crippen molar-refractivity contribution in [3.05, 3.63) is 65.0 Å². The molecule has 1 saturated heterocycles. The molecule has 4 rings (SSSR count). The van der Waals surface area contributed by atoms with Gasteiger partial charge in [0, 0.05) is 23.6 Å². The van der Waals surface area contributed by atoms with Crippen LogP contribution in [0.4, 0.5) is 14.5 Å². The molecule has 26 heavy (non-hydrogen) atoms. The molecule has 1 aliphatic heterocycles. The van der Waals surface area contributed by atoms with Crippen LogP contribution in [0.5, 0.6) is 0 Å². The van der Waals surface area contributed by atoms with E-state index in [4.69, 9.17) is 16.1 Å². The molecule has 1 aliphatic rings. The van der Waals surface area contributed by atoms with Crippen LogP contribution in [0.15, 0.2) is 47.0 Å². The molecular formula is C18H12ClF2N3O2. The van der Waals surface area contributed by atoms with Crippen molar-refractivity contribution in [2.75, 3.05) is 11.4 Å². The van der Waals surface area contributed by atoms with Gasteiger partial charge in [-0.25, -0.2) is 8.78 Å². The van der Waals surface area contributed by atoms with Crippen molar-refractivity contribution in [2.24, 2.45) is 0 Å². The van der Waals surface area contributed by atoms with Gasteiger partial charge >= 0.3 is 0 Å². The number of anilines is 1. The predicted octanol–water partition coefficient (Wildman–Crippen LogP) is 4.19. The minimum absolute atomic E-state index is 0.108. The summed E-state index contributed by atoms with van der Waals surface area (Å²) >= 11 is 5.90. The number of carbonyl (C=O) groups excluding carboxylic acids is 1. The van der Waals surface area contributed by atoms with E-state index < -0.39 is 11.6 Å². The first-order valence-corrected chi connectivity index (χ1v) is 8.24. The third-order valence-electron chi connectivity index (χ3n) is 4.20. The Morgan fingerprint density at radius 3 is 2.85 bits per heavy atom. The van der Waals surface area contributed by atoms with Crippen molar-refractivity contribution in [3.8, 4) is 11.4 Å². The zero-order valence-electron chi connectivity index (χ0n) is 13.3. The Morgan fingerprint density at radius 1 is 1.19 bits per heavy atom. The fraction of sp³-hybridized carbons (Fsp3) is 0.167. The zero-order valence-corrected chi connectivity index (χ0v) is 14.1. The van der Waals surface area contributed by atoms with Gasteiger partial charge in [-0.05, 0) is 30.3 Å². The van der Waals surface area contributed by atoms with Crippen molar-refractivity contribution in [2.45, 2.75) is 12.3 Å². The average Bonchev–Trinajstić information content (AvgIpc) is 3.24. The third kappa shape index (κ3) is 3.06. The Balaban J connectivity index is 1.59. The Hall–Kier alpha value is -2.80. The maximum absolute atomic E-state index is 14.0. The Labute approximate surface area is 152 Å². The van der Waals surface area contributed by atoms with Gasteiger partial charge in [0.05, 0.1) is 11.6 Å². The van der Waals surface area contributed by atoms with Crippen molar-refractivity contribution < 1.29 is 18.1 Å². The van der Waals surface area contributed by atoms with Crippen molar-refractivity contribution in [3.63, 3.8) is 0 Å². The monoisotopic (exact) mass is 375 g/mol. The van der Waals surface area contributed by atoms with Crippen LogP contribution in [-0.4, -0.2) is 22.6 Å². The quantitative estimate of drug-likeness (QED) is 0.688. The summed E-state index contributed by atoms with van der Waals surface area (Å²) in [6.07, 6.45) is 0.108. The number of amides is 1. The smallest absolute Gasteiger partial charge is 0.232 e. The summed E-state index contributed by atoms with van der Waals surface area (Å²) in [7, 11) is 0. The molecule has 1 amide bonds. The van der Waals surface area contributed by atoms with Crippen LogP contribution in [0.3, 0.4) is 0 Å². The number of hydrogen-bond acceptors (Lipinski definition) is 4. The summed E-state index contributed by atoms with van der Waals surface area (Å²) < 4.78 is 32.6. The molecule has 0 aliphatic carbocycles. The average molecular weight is 376 g/mol. The molecule has 1 aromatic heterocycles. The van der Waals surface area contributed by atoms with Crippen LogP contribution in [0.25, 0.3) is 11.4 Å². The van der Waals surface area contributed by atoms with Crippen LogP contribution < -0.4 is 4.90 Å². The minimum Gasteiger partial charge on any atom is -0.339 e. The van der Waals surface area contributed by atoms with E-state index in [0.29, 0.717) is 10.6 Å². The van der Waals surface area contributed by atoms with Crippen LogP contribution in [-0.2, 0) is 4.79 Å². The highest BCUT2D eigenvalue weighted by Crippen LogP contribution is 2.34. The first-order valence-electron chi connectivity index (χ1n) is 7.86. The second kappa shape index (κ2) is 6.49. The molecule has 132 valence electrons. The van der Waals surface area contributed by atoms with E-state index in [1.54, 1.807) is 12.1 Å². The Morgan fingerprint density at radius 2 is 2.04 bits per heavy atom. The first kappa shape index (κ1) is 16.7. The molecule has 2 heterocycles. The lowest BCUT2D eigenvalue weighted by atomic mass is 10.1. The van der Waals surface area contributed by atoms with E-state index >= 15 is 0 Å². The molecule has 5 nitrogen and oxygen atoms in total. The summed E-state index contributed by atoms with van der Waals surface area (Å²) in [5, 5.41) is 4.19. The zero-order chi connectivity index (χ0) is 18.3. The largest absolute Gasteiger partial charge is 0.339 e. The molecule has 8 heteroatoms. The molecule has 0 spiro atoms. The van der Waals surface area contributed by atoms with Crippen molar-refractivity contribution >= 4 is 23.2 Å².